The molecule has 0 N–H and O–H groups in total. The summed E-state index contributed by atoms with van der Waals surface area (Å²) in [6.07, 6.45) is 5.63. The van der Waals surface area contributed by atoms with Crippen LogP contribution in [0, 0.1) is 38.9 Å². The number of hydrogen-bond acceptors (Lipinski definition) is 3. The van der Waals surface area contributed by atoms with E-state index in [1.807, 2.05) is 55.5 Å². The minimum atomic E-state index is -0.231. The third-order valence-electron chi connectivity index (χ3n) is 10.1. The predicted octanol–water partition coefficient (Wildman–Crippen LogP) is 16.0. The van der Waals surface area contributed by atoms with Gasteiger partial charge in [0.05, 0.1) is 10.6 Å². The Kier molecular flexibility index (Phi) is 18.5. The van der Waals surface area contributed by atoms with Crippen LogP contribution in [0.2, 0.25) is 5.02 Å². The molecule has 328 valence electrons. The zero-order chi connectivity index (χ0) is 45.0. The fraction of sp³-hybridized carbons (Fsp3) is 0.333. The van der Waals surface area contributed by atoms with Crippen molar-refractivity contribution in [3.8, 4) is 29.6 Å². The molecule has 0 unspecified atom stereocenters. The fourth-order valence-electron chi connectivity index (χ4n) is 6.31. The first-order valence-electron chi connectivity index (χ1n) is 20.9. The maximum atomic E-state index is 13.1. The molecule has 6 rings (SSSR count). The molecule has 0 heterocycles. The molecule has 5 heteroatoms. The van der Waals surface area contributed by atoms with Gasteiger partial charge in [-0.2, -0.15) is 0 Å². The highest BCUT2D eigenvalue weighted by Crippen LogP contribution is 2.32. The molecular weight excluding hydrogens is 787 g/mol. The van der Waals surface area contributed by atoms with Gasteiger partial charge in [0.1, 0.15) is 42.9 Å². The van der Waals surface area contributed by atoms with E-state index in [0.717, 1.165) is 45.1 Å². The van der Waals surface area contributed by atoms with E-state index in [2.05, 4.69) is 143 Å². The molecule has 3 nitrogen and oxygen atoms in total. The first kappa shape index (κ1) is 50.9. The SMILES string of the molecule is C.C#Cc1cc(C(C)(C)C)ccc1OCc1cccc(C)c1.Cc1cc(C(C)(C)C)ccc1OCc1cccc(F)c1.Cc1cccc(COc2ccc(C(C)(C)C)cc2Cl)c1. The first-order valence-corrected chi connectivity index (χ1v) is 21.3. The molecule has 0 aromatic heterocycles. The summed E-state index contributed by atoms with van der Waals surface area (Å²) in [6.45, 7) is 27.3. The summed E-state index contributed by atoms with van der Waals surface area (Å²) in [6, 6.07) is 41.5. The van der Waals surface area contributed by atoms with Crippen LogP contribution in [0.15, 0.2) is 127 Å². The maximum Gasteiger partial charge on any atom is 0.138 e. The Balaban J connectivity index is 0.000000246. The summed E-state index contributed by atoms with van der Waals surface area (Å²) in [5.74, 6) is 4.86. The van der Waals surface area contributed by atoms with Crippen molar-refractivity contribution >= 4 is 11.6 Å². The van der Waals surface area contributed by atoms with Crippen molar-refractivity contribution in [3.63, 3.8) is 0 Å². The molecular formula is C57H68ClFO3. The van der Waals surface area contributed by atoms with Gasteiger partial charge >= 0.3 is 0 Å². The highest BCUT2D eigenvalue weighted by molar-refractivity contribution is 6.32. The minimum absolute atomic E-state index is 0. The van der Waals surface area contributed by atoms with Gasteiger partial charge in [-0.05, 0) is 118 Å². The van der Waals surface area contributed by atoms with E-state index in [4.69, 9.17) is 32.2 Å². The molecule has 0 fully saturated rings. The number of aryl methyl sites for hydroxylation is 3. The third-order valence-corrected chi connectivity index (χ3v) is 10.4. The zero-order valence-corrected chi connectivity index (χ0v) is 39.1. The number of benzene rings is 6. The normalized spacial score (nSPS) is 11.1. The Morgan fingerprint density at radius 2 is 0.903 bits per heavy atom. The summed E-state index contributed by atoms with van der Waals surface area (Å²) in [4.78, 5) is 0. The minimum Gasteiger partial charge on any atom is -0.489 e. The number of halogens is 2. The van der Waals surface area contributed by atoms with Crippen molar-refractivity contribution in [2.75, 3.05) is 0 Å². The van der Waals surface area contributed by atoms with Gasteiger partial charge < -0.3 is 14.2 Å². The van der Waals surface area contributed by atoms with Crippen molar-refractivity contribution in [3.05, 3.63) is 194 Å². The number of rotatable bonds is 9. The van der Waals surface area contributed by atoms with Crippen LogP contribution in [0.5, 0.6) is 17.2 Å². The lowest BCUT2D eigenvalue weighted by molar-refractivity contribution is 0.303. The summed E-state index contributed by atoms with van der Waals surface area (Å²) in [5.41, 5.74) is 11.6. The Hall–Kier alpha value is -5.50. The average Bonchev–Trinajstić information content (AvgIpc) is 3.18. The van der Waals surface area contributed by atoms with Gasteiger partial charge in [-0.1, -0.05) is 183 Å². The predicted molar refractivity (Wildman–Crippen MR) is 262 cm³/mol. The van der Waals surface area contributed by atoms with Crippen LogP contribution in [0.4, 0.5) is 4.39 Å². The van der Waals surface area contributed by atoms with E-state index in [1.165, 1.54) is 39.9 Å². The second-order valence-corrected chi connectivity index (χ2v) is 19.1. The molecule has 0 aliphatic rings. The smallest absolute Gasteiger partial charge is 0.138 e. The second kappa shape index (κ2) is 22.6. The van der Waals surface area contributed by atoms with Gasteiger partial charge in [0, 0.05) is 0 Å². The van der Waals surface area contributed by atoms with Gasteiger partial charge in [0.2, 0.25) is 0 Å². The zero-order valence-electron chi connectivity index (χ0n) is 38.3. The molecule has 0 aliphatic heterocycles. The highest BCUT2D eigenvalue weighted by atomic mass is 35.5. The molecule has 0 saturated heterocycles. The summed E-state index contributed by atoms with van der Waals surface area (Å²) < 4.78 is 30.6. The molecule has 0 saturated carbocycles. The van der Waals surface area contributed by atoms with Crippen LogP contribution < -0.4 is 14.2 Å². The van der Waals surface area contributed by atoms with Gasteiger partial charge in [-0.15, -0.1) is 6.42 Å². The monoisotopic (exact) mass is 854 g/mol. The Bertz CT molecular complexity index is 2290. The molecule has 6 aromatic carbocycles. The molecule has 62 heavy (non-hydrogen) atoms. The van der Waals surface area contributed by atoms with Crippen LogP contribution in [0.1, 0.15) is 125 Å². The van der Waals surface area contributed by atoms with E-state index < -0.39 is 0 Å². The lowest BCUT2D eigenvalue weighted by Crippen LogP contribution is -2.11. The van der Waals surface area contributed by atoms with Crippen LogP contribution in [0.3, 0.4) is 0 Å². The second-order valence-electron chi connectivity index (χ2n) is 18.7. The molecule has 0 aliphatic carbocycles. The lowest BCUT2D eigenvalue weighted by Gasteiger charge is -2.20. The molecule has 0 amide bonds. The van der Waals surface area contributed by atoms with Gasteiger partial charge in [0.15, 0.2) is 0 Å². The van der Waals surface area contributed by atoms with Crippen molar-refractivity contribution < 1.29 is 18.6 Å². The standard InChI is InChI=1S/C20H22O.C18H21ClO.C18H21FO.CH4/c1-6-17-13-18(20(3,4)5)10-11-19(17)21-14-16-9-7-8-15(2)12-16;1-13-6-5-7-14(10-13)12-20-17-9-8-15(11-16(17)19)18(2,3)4;1-13-10-15(18(2,3)4)8-9-17(13)20-12-14-6-5-7-16(19)11-14;/h1,7-13H,14H2,2-5H3;2*5-11H,12H2,1-4H3;1H4. The van der Waals surface area contributed by atoms with Gasteiger partial charge in [0.25, 0.3) is 0 Å². The van der Waals surface area contributed by atoms with Gasteiger partial charge in [-0.25, -0.2) is 4.39 Å². The van der Waals surface area contributed by atoms with Crippen LogP contribution in [-0.4, -0.2) is 0 Å². The fourth-order valence-corrected chi connectivity index (χ4v) is 6.55. The van der Waals surface area contributed by atoms with E-state index in [1.54, 1.807) is 6.07 Å². The lowest BCUT2D eigenvalue weighted by atomic mass is 9.86. The summed E-state index contributed by atoms with van der Waals surface area (Å²) in [5, 5.41) is 0.671. The molecule has 6 aromatic rings. The first-order chi connectivity index (χ1) is 28.6. The summed E-state index contributed by atoms with van der Waals surface area (Å²) in [7, 11) is 0. The average molecular weight is 856 g/mol. The number of ether oxygens (including phenoxy) is 3. The molecule has 0 atom stereocenters. The van der Waals surface area contributed by atoms with E-state index >= 15 is 0 Å². The molecule has 0 spiro atoms. The van der Waals surface area contributed by atoms with Crippen LogP contribution >= 0.6 is 11.6 Å². The number of hydrogen-bond donors (Lipinski definition) is 0. The van der Waals surface area contributed by atoms with E-state index in [-0.39, 0.29) is 29.5 Å². The Morgan fingerprint density at radius 3 is 1.34 bits per heavy atom. The molecule has 0 bridgehead atoms. The van der Waals surface area contributed by atoms with Gasteiger partial charge in [-0.3, -0.25) is 0 Å². The van der Waals surface area contributed by atoms with Crippen molar-refractivity contribution in [1.82, 2.24) is 0 Å². The quantitative estimate of drug-likeness (QED) is 0.136. The third kappa shape index (κ3) is 16.1. The van der Waals surface area contributed by atoms with Crippen LogP contribution in [0.25, 0.3) is 0 Å². The molecule has 0 radical (unpaired) electrons. The van der Waals surface area contributed by atoms with Crippen LogP contribution in [-0.2, 0) is 36.1 Å². The Labute approximate surface area is 378 Å². The van der Waals surface area contributed by atoms with E-state index in [9.17, 15) is 4.39 Å². The maximum absolute atomic E-state index is 13.1. The largest absolute Gasteiger partial charge is 0.489 e. The van der Waals surface area contributed by atoms with E-state index in [0.29, 0.717) is 24.8 Å². The Morgan fingerprint density at radius 1 is 0.500 bits per heavy atom. The summed E-state index contributed by atoms with van der Waals surface area (Å²) >= 11 is 6.31. The number of terminal acetylenes is 1. The van der Waals surface area contributed by atoms with Crippen molar-refractivity contribution in [2.45, 2.75) is 127 Å². The highest BCUT2D eigenvalue weighted by Gasteiger charge is 2.17. The topological polar surface area (TPSA) is 27.7 Å². The van der Waals surface area contributed by atoms with Crippen molar-refractivity contribution in [1.29, 1.82) is 0 Å². The van der Waals surface area contributed by atoms with Crippen molar-refractivity contribution in [2.24, 2.45) is 0 Å².